The molecule has 0 spiro atoms. The van der Waals surface area contributed by atoms with E-state index in [2.05, 4.69) is 30.2 Å². The molecule has 1 atom stereocenters. The van der Waals surface area contributed by atoms with E-state index in [1.54, 1.807) is 6.07 Å². The first kappa shape index (κ1) is 9.01. The van der Waals surface area contributed by atoms with Crippen LogP contribution in [-0.4, -0.2) is 11.5 Å². The fraction of sp³-hybridized carbons (Fsp3) is 0.455. The molecule has 0 aliphatic carbocycles. The predicted octanol–water partition coefficient (Wildman–Crippen LogP) is 2.05. The van der Waals surface area contributed by atoms with Gasteiger partial charge in [0.2, 0.25) is 0 Å². The number of hydrogen-bond donors (Lipinski definition) is 1. The number of fused-ring (bicyclic) bond motifs is 1. The van der Waals surface area contributed by atoms with Crippen molar-refractivity contribution in [2.24, 2.45) is 0 Å². The molecule has 0 fully saturated rings. The standard InChI is InChI=1S/C11H13N3/c1-3-11(2)7-13-9-5-4-8(6-12)14-10(9)11/h4-5,13H,3,7H2,1-2H3. The minimum Gasteiger partial charge on any atom is -0.383 e. The van der Waals surface area contributed by atoms with Crippen molar-refractivity contribution in [1.29, 1.82) is 5.26 Å². The molecule has 1 aliphatic heterocycles. The van der Waals surface area contributed by atoms with Crippen LogP contribution in [0.4, 0.5) is 5.69 Å². The maximum Gasteiger partial charge on any atom is 0.140 e. The van der Waals surface area contributed by atoms with E-state index in [1.165, 1.54) is 0 Å². The molecule has 0 radical (unpaired) electrons. The van der Waals surface area contributed by atoms with Gasteiger partial charge in [-0.15, -0.1) is 0 Å². The van der Waals surface area contributed by atoms with Crippen LogP contribution in [0.25, 0.3) is 0 Å². The second-order valence-corrected chi connectivity index (χ2v) is 3.97. The van der Waals surface area contributed by atoms with Crippen LogP contribution >= 0.6 is 0 Å². The van der Waals surface area contributed by atoms with E-state index in [1.807, 2.05) is 6.07 Å². The lowest BCUT2D eigenvalue weighted by Crippen LogP contribution is -2.24. The molecule has 1 N–H and O–H groups in total. The van der Waals surface area contributed by atoms with E-state index >= 15 is 0 Å². The number of hydrogen-bond acceptors (Lipinski definition) is 3. The summed E-state index contributed by atoms with van der Waals surface area (Å²) in [6.07, 6.45) is 1.04. The summed E-state index contributed by atoms with van der Waals surface area (Å²) < 4.78 is 0. The van der Waals surface area contributed by atoms with E-state index in [-0.39, 0.29) is 5.41 Å². The zero-order chi connectivity index (χ0) is 10.2. The summed E-state index contributed by atoms with van der Waals surface area (Å²) in [5.41, 5.74) is 2.71. The lowest BCUT2D eigenvalue weighted by Gasteiger charge is -2.20. The molecule has 72 valence electrons. The topological polar surface area (TPSA) is 48.7 Å². The zero-order valence-electron chi connectivity index (χ0n) is 8.46. The summed E-state index contributed by atoms with van der Waals surface area (Å²) in [5, 5.41) is 12.1. The maximum atomic E-state index is 8.78. The Bertz CT molecular complexity index is 405. The maximum absolute atomic E-state index is 8.78. The molecule has 1 aromatic rings. The van der Waals surface area contributed by atoms with Gasteiger partial charge in [0.05, 0.1) is 11.4 Å². The van der Waals surface area contributed by atoms with Crippen LogP contribution in [0.2, 0.25) is 0 Å². The molecule has 2 heterocycles. The molecular formula is C11H13N3. The van der Waals surface area contributed by atoms with Crippen LogP contribution in [0.3, 0.4) is 0 Å². The highest BCUT2D eigenvalue weighted by molar-refractivity contribution is 5.58. The summed E-state index contributed by atoms with van der Waals surface area (Å²) in [6, 6.07) is 5.78. The molecular weight excluding hydrogens is 174 g/mol. The highest BCUT2D eigenvalue weighted by Gasteiger charge is 2.34. The van der Waals surface area contributed by atoms with Gasteiger partial charge in [0.1, 0.15) is 11.8 Å². The van der Waals surface area contributed by atoms with E-state index in [9.17, 15) is 0 Å². The van der Waals surface area contributed by atoms with Crippen molar-refractivity contribution in [2.45, 2.75) is 25.7 Å². The average Bonchev–Trinajstić information content (AvgIpc) is 2.57. The largest absolute Gasteiger partial charge is 0.383 e. The van der Waals surface area contributed by atoms with Gasteiger partial charge in [-0.1, -0.05) is 13.8 Å². The minimum absolute atomic E-state index is 0.0855. The minimum atomic E-state index is 0.0855. The van der Waals surface area contributed by atoms with E-state index in [4.69, 9.17) is 5.26 Å². The lowest BCUT2D eigenvalue weighted by atomic mass is 9.85. The Kier molecular flexibility index (Phi) is 1.92. The van der Waals surface area contributed by atoms with Crippen molar-refractivity contribution in [3.63, 3.8) is 0 Å². The van der Waals surface area contributed by atoms with Crippen molar-refractivity contribution in [1.82, 2.24) is 4.98 Å². The third kappa shape index (κ3) is 1.15. The molecule has 3 heteroatoms. The quantitative estimate of drug-likeness (QED) is 0.732. The summed E-state index contributed by atoms with van der Waals surface area (Å²) in [7, 11) is 0. The monoisotopic (exact) mass is 187 g/mol. The third-order valence-corrected chi connectivity index (χ3v) is 3.03. The second kappa shape index (κ2) is 2.98. The van der Waals surface area contributed by atoms with Crippen molar-refractivity contribution in [3.8, 4) is 6.07 Å². The molecule has 0 saturated heterocycles. The Morgan fingerprint density at radius 1 is 1.64 bits per heavy atom. The van der Waals surface area contributed by atoms with E-state index in [0.29, 0.717) is 5.69 Å². The molecule has 1 unspecified atom stereocenters. The second-order valence-electron chi connectivity index (χ2n) is 3.97. The van der Waals surface area contributed by atoms with Gasteiger partial charge in [-0.05, 0) is 18.6 Å². The normalized spacial score (nSPS) is 23.8. The van der Waals surface area contributed by atoms with Gasteiger partial charge in [-0.3, -0.25) is 0 Å². The summed E-state index contributed by atoms with van der Waals surface area (Å²) >= 11 is 0. The van der Waals surface area contributed by atoms with E-state index in [0.717, 1.165) is 24.3 Å². The van der Waals surface area contributed by atoms with Gasteiger partial charge in [0.15, 0.2) is 0 Å². The number of rotatable bonds is 1. The Hall–Kier alpha value is -1.56. The third-order valence-electron chi connectivity index (χ3n) is 3.03. The fourth-order valence-electron chi connectivity index (χ4n) is 1.79. The molecule has 0 aromatic carbocycles. The number of nitrogens with one attached hydrogen (secondary N) is 1. The van der Waals surface area contributed by atoms with Crippen molar-refractivity contribution < 1.29 is 0 Å². The lowest BCUT2D eigenvalue weighted by molar-refractivity contribution is 0.490. The van der Waals surface area contributed by atoms with Gasteiger partial charge in [-0.2, -0.15) is 5.26 Å². The first-order chi connectivity index (χ1) is 6.69. The van der Waals surface area contributed by atoms with Gasteiger partial charge in [0, 0.05) is 12.0 Å². The number of pyridine rings is 1. The molecule has 0 saturated carbocycles. The average molecular weight is 187 g/mol. The first-order valence-corrected chi connectivity index (χ1v) is 4.85. The van der Waals surface area contributed by atoms with Crippen LogP contribution < -0.4 is 5.32 Å². The number of aromatic nitrogens is 1. The highest BCUT2D eigenvalue weighted by Crippen LogP contribution is 2.37. The molecule has 1 aromatic heterocycles. The summed E-state index contributed by atoms with van der Waals surface area (Å²) in [6.45, 7) is 5.25. The van der Waals surface area contributed by atoms with Gasteiger partial charge in [-0.25, -0.2) is 4.98 Å². The zero-order valence-corrected chi connectivity index (χ0v) is 8.46. The smallest absolute Gasteiger partial charge is 0.140 e. The summed E-state index contributed by atoms with van der Waals surface area (Å²) in [4.78, 5) is 4.37. The summed E-state index contributed by atoms with van der Waals surface area (Å²) in [5.74, 6) is 0. The van der Waals surface area contributed by atoms with Crippen molar-refractivity contribution >= 4 is 5.69 Å². The predicted molar refractivity (Wildman–Crippen MR) is 55.1 cm³/mol. The van der Waals surface area contributed by atoms with Crippen LogP contribution in [0.1, 0.15) is 31.7 Å². The van der Waals surface area contributed by atoms with E-state index < -0.39 is 0 Å². The number of nitrogens with zero attached hydrogens (tertiary/aromatic N) is 2. The highest BCUT2D eigenvalue weighted by atomic mass is 15.0. The van der Waals surface area contributed by atoms with Crippen LogP contribution in [0.15, 0.2) is 12.1 Å². The molecule has 14 heavy (non-hydrogen) atoms. The van der Waals surface area contributed by atoms with Crippen molar-refractivity contribution in [2.75, 3.05) is 11.9 Å². The Balaban J connectivity index is 2.53. The van der Waals surface area contributed by atoms with Gasteiger partial charge >= 0.3 is 0 Å². The van der Waals surface area contributed by atoms with Crippen LogP contribution in [-0.2, 0) is 5.41 Å². The first-order valence-electron chi connectivity index (χ1n) is 4.85. The molecule has 3 nitrogen and oxygen atoms in total. The molecule has 0 amide bonds. The van der Waals surface area contributed by atoms with Crippen LogP contribution in [0.5, 0.6) is 0 Å². The Morgan fingerprint density at radius 2 is 2.43 bits per heavy atom. The van der Waals surface area contributed by atoms with Crippen LogP contribution in [0, 0.1) is 11.3 Å². The molecule has 2 rings (SSSR count). The Morgan fingerprint density at radius 3 is 3.07 bits per heavy atom. The van der Waals surface area contributed by atoms with Gasteiger partial charge in [0.25, 0.3) is 0 Å². The number of nitriles is 1. The fourth-order valence-corrected chi connectivity index (χ4v) is 1.79. The van der Waals surface area contributed by atoms with Crippen molar-refractivity contribution in [3.05, 3.63) is 23.5 Å². The molecule has 0 bridgehead atoms. The SMILES string of the molecule is CCC1(C)CNc2ccc(C#N)nc21. The number of anilines is 1. The van der Waals surface area contributed by atoms with Gasteiger partial charge < -0.3 is 5.32 Å². The molecule has 1 aliphatic rings. The Labute approximate surface area is 83.8 Å².